The zero-order chi connectivity index (χ0) is 18.4. The smallest absolute Gasteiger partial charge is 0.258 e. The highest BCUT2D eigenvalue weighted by molar-refractivity contribution is 7.91. The molecule has 1 aromatic carbocycles. The molecule has 1 fully saturated rings. The summed E-state index contributed by atoms with van der Waals surface area (Å²) >= 11 is 0. The predicted molar refractivity (Wildman–Crippen MR) is 98.2 cm³/mol. The van der Waals surface area contributed by atoms with Crippen molar-refractivity contribution in [2.75, 3.05) is 18.1 Å². The number of rotatable bonds is 4. The van der Waals surface area contributed by atoms with E-state index in [0.29, 0.717) is 12.2 Å². The van der Waals surface area contributed by atoms with Crippen molar-refractivity contribution < 1.29 is 22.4 Å². The number of ether oxygens (including phenoxy) is 1. The van der Waals surface area contributed by atoms with Crippen LogP contribution in [0.4, 0.5) is 0 Å². The van der Waals surface area contributed by atoms with Gasteiger partial charge in [0.25, 0.3) is 5.91 Å². The Bertz CT molecular complexity index is 962. The van der Waals surface area contributed by atoms with E-state index in [9.17, 15) is 13.2 Å². The Morgan fingerprint density at radius 3 is 2.88 bits per heavy atom. The molecule has 6 nitrogen and oxygen atoms in total. The fraction of sp³-hybridized carbons (Fsp3) is 0.526. The molecule has 1 amide bonds. The monoisotopic (exact) mass is 377 g/mol. The number of amides is 1. The summed E-state index contributed by atoms with van der Waals surface area (Å²) in [5.74, 6) is 1.48. The van der Waals surface area contributed by atoms with Gasteiger partial charge in [0.2, 0.25) is 0 Å². The number of carbonyl (C=O) groups is 1. The maximum absolute atomic E-state index is 12.2. The minimum Gasteiger partial charge on any atom is -0.484 e. The Kier molecular flexibility index (Phi) is 4.22. The lowest BCUT2D eigenvalue weighted by molar-refractivity contribution is -0.124. The molecule has 26 heavy (non-hydrogen) atoms. The molecule has 4 rings (SSSR count). The highest BCUT2D eigenvalue weighted by Gasteiger charge is 2.39. The van der Waals surface area contributed by atoms with Crippen LogP contribution >= 0.6 is 0 Å². The second kappa shape index (κ2) is 6.30. The van der Waals surface area contributed by atoms with Crippen molar-refractivity contribution >= 4 is 26.7 Å². The van der Waals surface area contributed by atoms with Gasteiger partial charge in [0.05, 0.1) is 17.0 Å². The van der Waals surface area contributed by atoms with E-state index in [2.05, 4.69) is 5.32 Å². The molecule has 1 atom stereocenters. The third-order valence-electron chi connectivity index (χ3n) is 5.24. The fourth-order valence-corrected chi connectivity index (χ4v) is 6.06. The maximum atomic E-state index is 12.2. The first kappa shape index (κ1) is 17.4. The van der Waals surface area contributed by atoms with Crippen LogP contribution in [0.3, 0.4) is 0 Å². The van der Waals surface area contributed by atoms with E-state index in [-0.39, 0.29) is 24.0 Å². The standard InChI is InChI=1S/C19H23NO5S/c1-19(8-9-26(22,23)12-19)20-18(21)11-24-13-6-7-17-15(10-13)14-4-2-3-5-16(14)25-17/h6-7,10H,2-5,8-9,11-12H2,1H3,(H,20,21)/t19-/m0/s1. The first-order valence-electron chi connectivity index (χ1n) is 9.02. The summed E-state index contributed by atoms with van der Waals surface area (Å²) in [6.45, 7) is 1.63. The Morgan fingerprint density at radius 1 is 1.31 bits per heavy atom. The molecule has 0 saturated carbocycles. The van der Waals surface area contributed by atoms with Crippen LogP contribution in [0.2, 0.25) is 0 Å². The average molecular weight is 377 g/mol. The van der Waals surface area contributed by atoms with Crippen LogP contribution in [-0.4, -0.2) is 38.0 Å². The molecular formula is C19H23NO5S. The molecule has 140 valence electrons. The summed E-state index contributed by atoms with van der Waals surface area (Å²) < 4.78 is 34.8. The number of hydrogen-bond acceptors (Lipinski definition) is 5. The van der Waals surface area contributed by atoms with Crippen molar-refractivity contribution in [3.8, 4) is 5.75 Å². The number of furan rings is 1. The van der Waals surface area contributed by atoms with Gasteiger partial charge < -0.3 is 14.5 Å². The molecule has 1 aliphatic carbocycles. The van der Waals surface area contributed by atoms with Gasteiger partial charge in [-0.05, 0) is 50.8 Å². The van der Waals surface area contributed by atoms with Gasteiger partial charge in [-0.1, -0.05) is 0 Å². The van der Waals surface area contributed by atoms with Crippen LogP contribution < -0.4 is 10.1 Å². The van der Waals surface area contributed by atoms with Crippen molar-refractivity contribution in [1.82, 2.24) is 5.32 Å². The molecule has 2 heterocycles. The number of sulfone groups is 1. The number of benzene rings is 1. The lowest BCUT2D eigenvalue weighted by atomic mass is 9.96. The zero-order valence-electron chi connectivity index (χ0n) is 14.8. The quantitative estimate of drug-likeness (QED) is 0.884. The lowest BCUT2D eigenvalue weighted by Gasteiger charge is -2.23. The SMILES string of the molecule is C[C@]1(NC(=O)COc2ccc3oc4c(c3c2)CCCC4)CCS(=O)(=O)C1. The molecule has 7 heteroatoms. The van der Waals surface area contributed by atoms with Gasteiger partial charge in [0, 0.05) is 17.4 Å². The molecule has 0 bridgehead atoms. The number of fused-ring (bicyclic) bond motifs is 3. The number of hydrogen-bond donors (Lipinski definition) is 1. The molecule has 1 N–H and O–H groups in total. The molecular weight excluding hydrogens is 354 g/mol. The van der Waals surface area contributed by atoms with Crippen LogP contribution in [0.25, 0.3) is 11.0 Å². The first-order valence-corrected chi connectivity index (χ1v) is 10.8. The van der Waals surface area contributed by atoms with Crippen molar-refractivity contribution in [1.29, 1.82) is 0 Å². The van der Waals surface area contributed by atoms with E-state index in [1.165, 1.54) is 5.56 Å². The summed E-state index contributed by atoms with van der Waals surface area (Å²) in [6.07, 6.45) is 4.75. The van der Waals surface area contributed by atoms with Gasteiger partial charge in [-0.15, -0.1) is 0 Å². The van der Waals surface area contributed by atoms with Gasteiger partial charge in [0.1, 0.15) is 17.1 Å². The van der Waals surface area contributed by atoms with Crippen LogP contribution in [0.15, 0.2) is 22.6 Å². The average Bonchev–Trinajstić information content (AvgIpc) is 3.09. The molecule has 0 radical (unpaired) electrons. The Labute approximate surface area is 152 Å². The highest BCUT2D eigenvalue weighted by atomic mass is 32.2. The van der Waals surface area contributed by atoms with E-state index < -0.39 is 15.4 Å². The fourth-order valence-electron chi connectivity index (χ4n) is 3.96. The lowest BCUT2D eigenvalue weighted by Crippen LogP contribution is -2.48. The van der Waals surface area contributed by atoms with E-state index in [0.717, 1.165) is 42.4 Å². The van der Waals surface area contributed by atoms with Gasteiger partial charge in [-0.3, -0.25) is 4.79 Å². The molecule has 1 saturated heterocycles. The number of nitrogens with one attached hydrogen (secondary N) is 1. The van der Waals surface area contributed by atoms with Crippen LogP contribution in [0.1, 0.15) is 37.5 Å². The minimum absolute atomic E-state index is 0.0150. The summed E-state index contributed by atoms with van der Waals surface area (Å²) in [7, 11) is -3.06. The Morgan fingerprint density at radius 2 is 2.12 bits per heavy atom. The van der Waals surface area contributed by atoms with Crippen molar-refractivity contribution in [3.05, 3.63) is 29.5 Å². The van der Waals surface area contributed by atoms with E-state index in [1.807, 2.05) is 12.1 Å². The molecule has 1 aromatic heterocycles. The topological polar surface area (TPSA) is 85.6 Å². The van der Waals surface area contributed by atoms with Gasteiger partial charge >= 0.3 is 0 Å². The predicted octanol–water partition coefficient (Wildman–Crippen LogP) is 2.38. The van der Waals surface area contributed by atoms with Crippen LogP contribution in [0, 0.1) is 0 Å². The van der Waals surface area contributed by atoms with E-state index in [4.69, 9.17) is 9.15 Å². The van der Waals surface area contributed by atoms with Gasteiger partial charge in [-0.2, -0.15) is 0 Å². The summed E-state index contributed by atoms with van der Waals surface area (Å²) in [4.78, 5) is 12.2. The Balaban J connectivity index is 1.42. The van der Waals surface area contributed by atoms with E-state index in [1.54, 1.807) is 13.0 Å². The normalized spacial score (nSPS) is 24.3. The molecule has 0 spiro atoms. The summed E-state index contributed by atoms with van der Waals surface area (Å²) in [5.41, 5.74) is 1.41. The molecule has 1 aliphatic heterocycles. The molecule has 2 aromatic rings. The van der Waals surface area contributed by atoms with Crippen molar-refractivity contribution in [3.63, 3.8) is 0 Å². The van der Waals surface area contributed by atoms with Gasteiger partial charge in [-0.25, -0.2) is 8.42 Å². The van der Waals surface area contributed by atoms with Crippen LogP contribution in [0.5, 0.6) is 5.75 Å². The summed E-state index contributed by atoms with van der Waals surface area (Å²) in [5, 5.41) is 3.86. The summed E-state index contributed by atoms with van der Waals surface area (Å²) in [6, 6.07) is 5.61. The van der Waals surface area contributed by atoms with Gasteiger partial charge in [0.15, 0.2) is 16.4 Å². The maximum Gasteiger partial charge on any atom is 0.258 e. The third-order valence-corrected chi connectivity index (χ3v) is 7.14. The second-order valence-corrected chi connectivity index (χ2v) is 9.79. The second-order valence-electron chi connectivity index (χ2n) is 7.61. The third kappa shape index (κ3) is 3.45. The number of aryl methyl sites for hydroxylation is 2. The minimum atomic E-state index is -3.06. The van der Waals surface area contributed by atoms with Crippen LogP contribution in [-0.2, 0) is 27.5 Å². The largest absolute Gasteiger partial charge is 0.484 e. The first-order chi connectivity index (χ1) is 12.3. The Hall–Kier alpha value is -2.02. The van der Waals surface area contributed by atoms with Crippen molar-refractivity contribution in [2.24, 2.45) is 0 Å². The molecule has 2 aliphatic rings. The van der Waals surface area contributed by atoms with Crippen molar-refractivity contribution in [2.45, 2.75) is 44.6 Å². The highest BCUT2D eigenvalue weighted by Crippen LogP contribution is 2.34. The zero-order valence-corrected chi connectivity index (χ0v) is 15.7. The molecule has 0 unspecified atom stereocenters. The van der Waals surface area contributed by atoms with E-state index >= 15 is 0 Å². The number of carbonyl (C=O) groups excluding carboxylic acids is 1.